The molecule has 0 bridgehead atoms. The minimum atomic E-state index is -0.778. The maximum Gasteiger partial charge on any atom is 0.437 e. The number of hydrogen-bond acceptors (Lipinski definition) is 4. The molecular formula is C12H14Cl2N2O3. The van der Waals surface area contributed by atoms with Crippen molar-refractivity contribution >= 4 is 40.2 Å². The lowest BCUT2D eigenvalue weighted by atomic mass is 10.2. The Balaban J connectivity index is 2.72. The van der Waals surface area contributed by atoms with E-state index in [1.165, 1.54) is 13.2 Å². The zero-order chi connectivity index (χ0) is 14.4. The summed E-state index contributed by atoms with van der Waals surface area (Å²) in [4.78, 5) is 16.1. The molecule has 0 saturated carbocycles. The molecule has 5 nitrogen and oxygen atoms in total. The van der Waals surface area contributed by atoms with E-state index in [2.05, 4.69) is 15.3 Å². The summed E-state index contributed by atoms with van der Waals surface area (Å²) in [5, 5.41) is 6.61. The summed E-state index contributed by atoms with van der Waals surface area (Å²) in [6, 6.07) is 4.81. The summed E-state index contributed by atoms with van der Waals surface area (Å²) in [5.74, 6) is 0.440. The van der Waals surface area contributed by atoms with Gasteiger partial charge in [0.1, 0.15) is 10.9 Å². The molecule has 1 aromatic carbocycles. The smallest absolute Gasteiger partial charge is 0.437 e. The lowest BCUT2D eigenvalue weighted by Gasteiger charge is -2.09. The van der Waals surface area contributed by atoms with Crippen LogP contribution in [0.25, 0.3) is 0 Å². The molecule has 0 aliphatic heterocycles. The fraction of sp³-hybridized carbons (Fsp3) is 0.333. The Bertz CT molecular complexity index is 490. The van der Waals surface area contributed by atoms with Crippen molar-refractivity contribution < 1.29 is 14.4 Å². The van der Waals surface area contributed by atoms with Crippen LogP contribution in [0, 0.1) is 5.92 Å². The summed E-state index contributed by atoms with van der Waals surface area (Å²) >= 11 is 11.6. The Morgan fingerprint density at radius 1 is 1.42 bits per heavy atom. The summed E-state index contributed by atoms with van der Waals surface area (Å²) in [7, 11) is 1.48. The first-order valence-corrected chi connectivity index (χ1v) is 6.24. The molecule has 0 aliphatic rings. The van der Waals surface area contributed by atoms with Crippen molar-refractivity contribution in [3.8, 4) is 5.75 Å². The van der Waals surface area contributed by atoms with E-state index in [0.717, 1.165) is 0 Å². The lowest BCUT2D eigenvalue weighted by Crippen LogP contribution is -2.13. The molecule has 0 atom stereocenters. The van der Waals surface area contributed by atoms with Crippen LogP contribution < -0.4 is 10.1 Å². The van der Waals surface area contributed by atoms with E-state index in [4.69, 9.17) is 27.9 Å². The summed E-state index contributed by atoms with van der Waals surface area (Å²) in [5.41, 5.74) is 0.385. The lowest BCUT2D eigenvalue weighted by molar-refractivity contribution is 0.166. The summed E-state index contributed by atoms with van der Waals surface area (Å²) in [6.07, 6.45) is -0.778. The van der Waals surface area contributed by atoms with E-state index in [-0.39, 0.29) is 11.1 Å². The molecule has 0 heterocycles. The number of nitrogens with zero attached hydrogens (tertiary/aromatic N) is 1. The van der Waals surface area contributed by atoms with Crippen molar-refractivity contribution in [2.45, 2.75) is 13.8 Å². The van der Waals surface area contributed by atoms with Gasteiger partial charge in [-0.1, -0.05) is 42.2 Å². The maximum absolute atomic E-state index is 11.5. The fourth-order valence-electron chi connectivity index (χ4n) is 1.10. The van der Waals surface area contributed by atoms with Gasteiger partial charge in [0.2, 0.25) is 0 Å². The third kappa shape index (κ3) is 4.96. The van der Waals surface area contributed by atoms with E-state index >= 15 is 0 Å². The van der Waals surface area contributed by atoms with Gasteiger partial charge in [0.15, 0.2) is 0 Å². The molecule has 0 saturated heterocycles. The highest BCUT2D eigenvalue weighted by atomic mass is 35.5. The number of nitrogens with one attached hydrogen (secondary N) is 1. The van der Waals surface area contributed by atoms with Crippen LogP contribution in [0.2, 0.25) is 5.02 Å². The van der Waals surface area contributed by atoms with Gasteiger partial charge in [0, 0.05) is 10.9 Å². The number of methoxy groups -OCH3 is 1. The highest BCUT2D eigenvalue weighted by Crippen LogP contribution is 2.27. The quantitative estimate of drug-likeness (QED) is 0.517. The van der Waals surface area contributed by atoms with Crippen molar-refractivity contribution in [1.82, 2.24) is 0 Å². The number of anilines is 1. The summed E-state index contributed by atoms with van der Waals surface area (Å²) < 4.78 is 5.07. The molecule has 0 aromatic heterocycles. The van der Waals surface area contributed by atoms with E-state index in [9.17, 15) is 4.79 Å². The first kappa shape index (κ1) is 15.6. The Kier molecular flexibility index (Phi) is 5.92. The second-order valence-electron chi connectivity index (χ2n) is 3.92. The number of carbonyl (C=O) groups excluding carboxylic acids is 1. The number of ether oxygens (including phenoxy) is 1. The number of oxime groups is 1. The van der Waals surface area contributed by atoms with Gasteiger partial charge in [-0.3, -0.25) is 10.2 Å². The predicted molar refractivity (Wildman–Crippen MR) is 76.2 cm³/mol. The highest BCUT2D eigenvalue weighted by Gasteiger charge is 2.10. The van der Waals surface area contributed by atoms with Crippen LogP contribution >= 0.6 is 23.2 Å². The molecule has 1 rings (SSSR count). The largest absolute Gasteiger partial charge is 0.495 e. The van der Waals surface area contributed by atoms with Gasteiger partial charge in [0.25, 0.3) is 0 Å². The Hall–Kier alpha value is -1.46. The Labute approximate surface area is 121 Å². The van der Waals surface area contributed by atoms with Gasteiger partial charge in [0.05, 0.1) is 12.8 Å². The van der Waals surface area contributed by atoms with E-state index in [1.807, 2.05) is 13.8 Å². The number of rotatable bonds is 4. The van der Waals surface area contributed by atoms with Crippen LogP contribution in [-0.2, 0) is 4.84 Å². The van der Waals surface area contributed by atoms with Gasteiger partial charge in [-0.2, -0.15) is 0 Å². The molecule has 19 heavy (non-hydrogen) atoms. The number of hydrogen-bond donors (Lipinski definition) is 1. The van der Waals surface area contributed by atoms with Gasteiger partial charge in [-0.15, -0.1) is 0 Å². The molecule has 0 aliphatic carbocycles. The van der Waals surface area contributed by atoms with Crippen LogP contribution in [0.1, 0.15) is 13.8 Å². The van der Waals surface area contributed by atoms with Crippen LogP contribution in [0.4, 0.5) is 10.5 Å². The monoisotopic (exact) mass is 304 g/mol. The third-order valence-corrected chi connectivity index (χ3v) is 2.83. The normalized spacial score (nSPS) is 11.4. The fourth-order valence-corrected chi connectivity index (χ4v) is 1.31. The van der Waals surface area contributed by atoms with E-state index in [0.29, 0.717) is 16.5 Å². The van der Waals surface area contributed by atoms with Gasteiger partial charge >= 0.3 is 6.09 Å². The predicted octanol–water partition coefficient (Wildman–Crippen LogP) is 4.11. The zero-order valence-electron chi connectivity index (χ0n) is 10.7. The number of benzene rings is 1. The third-order valence-electron chi connectivity index (χ3n) is 2.09. The molecule has 1 aromatic rings. The minimum Gasteiger partial charge on any atom is -0.495 e. The van der Waals surface area contributed by atoms with Crippen LogP contribution in [0.15, 0.2) is 23.4 Å². The average Bonchev–Trinajstić information content (AvgIpc) is 2.36. The van der Waals surface area contributed by atoms with Crippen molar-refractivity contribution in [2.75, 3.05) is 12.4 Å². The maximum atomic E-state index is 11.5. The van der Waals surface area contributed by atoms with Crippen LogP contribution in [-0.4, -0.2) is 18.4 Å². The standard InChI is InChI=1S/C12H14Cl2N2O3/c1-7(2)11(14)16-19-12(17)15-9-6-8(13)4-5-10(9)18-3/h4-7H,1-3H3,(H,15,17)/b16-11+. The molecule has 0 spiro atoms. The highest BCUT2D eigenvalue weighted by molar-refractivity contribution is 6.65. The first-order chi connectivity index (χ1) is 8.93. The first-order valence-electron chi connectivity index (χ1n) is 5.49. The number of carbonyl (C=O) groups is 1. The van der Waals surface area contributed by atoms with Gasteiger partial charge < -0.3 is 4.74 Å². The van der Waals surface area contributed by atoms with Crippen molar-refractivity contribution in [3.63, 3.8) is 0 Å². The Morgan fingerprint density at radius 3 is 2.68 bits per heavy atom. The molecular weight excluding hydrogens is 291 g/mol. The zero-order valence-corrected chi connectivity index (χ0v) is 12.2. The molecule has 1 amide bonds. The molecule has 1 N–H and O–H groups in total. The molecule has 104 valence electrons. The van der Waals surface area contributed by atoms with Crippen LogP contribution in [0.3, 0.4) is 0 Å². The van der Waals surface area contributed by atoms with Crippen molar-refractivity contribution in [3.05, 3.63) is 23.2 Å². The number of halogens is 2. The van der Waals surface area contributed by atoms with Gasteiger partial charge in [-0.25, -0.2) is 4.79 Å². The van der Waals surface area contributed by atoms with Crippen molar-refractivity contribution in [2.24, 2.45) is 11.1 Å². The average molecular weight is 305 g/mol. The molecule has 0 unspecified atom stereocenters. The molecule has 0 fully saturated rings. The minimum absolute atomic E-state index is 0.0184. The Morgan fingerprint density at radius 2 is 2.11 bits per heavy atom. The summed E-state index contributed by atoms with van der Waals surface area (Å²) in [6.45, 7) is 3.65. The second-order valence-corrected chi connectivity index (χ2v) is 4.74. The number of amides is 1. The molecule has 7 heteroatoms. The van der Waals surface area contributed by atoms with E-state index in [1.54, 1.807) is 12.1 Å². The van der Waals surface area contributed by atoms with Gasteiger partial charge in [-0.05, 0) is 18.2 Å². The van der Waals surface area contributed by atoms with Crippen molar-refractivity contribution in [1.29, 1.82) is 0 Å². The topological polar surface area (TPSA) is 59.9 Å². The van der Waals surface area contributed by atoms with E-state index < -0.39 is 6.09 Å². The van der Waals surface area contributed by atoms with Crippen LogP contribution in [0.5, 0.6) is 5.75 Å². The molecule has 0 radical (unpaired) electrons. The second kappa shape index (κ2) is 7.21. The SMILES string of the molecule is COc1ccc(Cl)cc1NC(=O)O/N=C(/Cl)C(C)C.